The predicted octanol–water partition coefficient (Wildman–Crippen LogP) is 3.31. The lowest BCUT2D eigenvalue weighted by Gasteiger charge is -2.48. The van der Waals surface area contributed by atoms with E-state index in [4.69, 9.17) is 15.7 Å². The summed E-state index contributed by atoms with van der Waals surface area (Å²) in [6.07, 6.45) is 3.30. The summed E-state index contributed by atoms with van der Waals surface area (Å²) in [6.45, 7) is 10.8. The van der Waals surface area contributed by atoms with Crippen molar-refractivity contribution in [2.45, 2.75) is 59.1 Å². The minimum absolute atomic E-state index is 0.0654. The fourth-order valence-electron chi connectivity index (χ4n) is 1.95. The first-order valence-corrected chi connectivity index (χ1v) is 5.39. The van der Waals surface area contributed by atoms with E-state index >= 15 is 0 Å². The molecule has 0 nitrogen and oxygen atoms in total. The molecule has 0 aromatic carbocycles. The molecule has 0 aromatic rings. The van der Waals surface area contributed by atoms with Crippen LogP contribution in [0.1, 0.15) is 53.9 Å². The van der Waals surface area contributed by atoms with Gasteiger partial charge in [-0.1, -0.05) is 58.6 Å². The number of rotatable bonds is 5. The van der Waals surface area contributed by atoms with Gasteiger partial charge in [0.1, 0.15) is 0 Å². The van der Waals surface area contributed by atoms with Gasteiger partial charge in [-0.15, -0.1) is 0 Å². The molecular weight excluding hydrogens is 154 g/mol. The standard InChI is InChI=1S/C11H22B2/c1-6-8-10(5,7-2)11(12,13)9(3)4/h9H,6-8H2,1-5H3. The van der Waals surface area contributed by atoms with Crippen molar-refractivity contribution < 1.29 is 0 Å². The Morgan fingerprint density at radius 2 is 1.62 bits per heavy atom. The lowest BCUT2D eigenvalue weighted by Crippen LogP contribution is -2.38. The molecular formula is C11H22B2. The van der Waals surface area contributed by atoms with Crippen LogP contribution in [0.15, 0.2) is 0 Å². The Bertz CT molecular complexity index is 152. The molecule has 0 spiro atoms. The minimum atomic E-state index is -0.544. The Kier molecular flexibility index (Phi) is 4.62. The third-order valence-electron chi connectivity index (χ3n) is 3.58. The summed E-state index contributed by atoms with van der Waals surface area (Å²) in [5.41, 5.74) is 0.0654. The van der Waals surface area contributed by atoms with Crippen molar-refractivity contribution >= 4 is 15.7 Å². The van der Waals surface area contributed by atoms with Crippen molar-refractivity contribution in [2.24, 2.45) is 11.3 Å². The van der Waals surface area contributed by atoms with Gasteiger partial charge in [0.2, 0.25) is 0 Å². The molecule has 1 unspecified atom stereocenters. The van der Waals surface area contributed by atoms with Gasteiger partial charge in [0.05, 0.1) is 15.7 Å². The predicted molar refractivity (Wildman–Crippen MR) is 62.3 cm³/mol. The topological polar surface area (TPSA) is 0 Å². The van der Waals surface area contributed by atoms with Crippen LogP contribution in [0, 0.1) is 11.3 Å². The maximum atomic E-state index is 6.21. The molecule has 0 aliphatic rings. The van der Waals surface area contributed by atoms with E-state index in [0.717, 1.165) is 19.3 Å². The van der Waals surface area contributed by atoms with Crippen LogP contribution in [0.2, 0.25) is 5.21 Å². The summed E-state index contributed by atoms with van der Waals surface area (Å²) in [5, 5.41) is -0.544. The normalized spacial score (nSPS) is 17.4. The SMILES string of the molecule is [B]C([B])(C(C)C)C(C)(CC)CCC. The van der Waals surface area contributed by atoms with Gasteiger partial charge >= 0.3 is 0 Å². The van der Waals surface area contributed by atoms with Crippen LogP contribution in [0.25, 0.3) is 0 Å². The highest BCUT2D eigenvalue weighted by Crippen LogP contribution is 2.51. The van der Waals surface area contributed by atoms with Gasteiger partial charge in [0.15, 0.2) is 0 Å². The van der Waals surface area contributed by atoms with E-state index in [2.05, 4.69) is 34.6 Å². The Morgan fingerprint density at radius 1 is 1.15 bits per heavy atom. The fraction of sp³-hybridized carbons (Fsp3) is 1.00. The summed E-state index contributed by atoms with van der Waals surface area (Å²) in [4.78, 5) is 0. The van der Waals surface area contributed by atoms with Gasteiger partial charge in [0, 0.05) is 0 Å². The molecule has 2 heteroatoms. The van der Waals surface area contributed by atoms with Gasteiger partial charge in [-0.25, -0.2) is 0 Å². The Hall–Kier alpha value is 0.130. The van der Waals surface area contributed by atoms with Gasteiger partial charge in [-0.2, -0.15) is 0 Å². The fourth-order valence-corrected chi connectivity index (χ4v) is 1.95. The zero-order valence-electron chi connectivity index (χ0n) is 9.85. The van der Waals surface area contributed by atoms with Crippen molar-refractivity contribution in [3.05, 3.63) is 0 Å². The van der Waals surface area contributed by atoms with Crippen molar-refractivity contribution in [1.82, 2.24) is 0 Å². The van der Waals surface area contributed by atoms with Crippen LogP contribution >= 0.6 is 0 Å². The van der Waals surface area contributed by atoms with Crippen LogP contribution in [0.5, 0.6) is 0 Å². The highest BCUT2D eigenvalue weighted by Gasteiger charge is 2.39. The number of hydrogen-bond acceptors (Lipinski definition) is 0. The summed E-state index contributed by atoms with van der Waals surface area (Å²) in [5.74, 6) is 0.323. The average Bonchev–Trinajstić information content (AvgIpc) is 2.04. The summed E-state index contributed by atoms with van der Waals surface area (Å²) in [7, 11) is 12.4. The van der Waals surface area contributed by atoms with E-state index in [0.29, 0.717) is 5.92 Å². The molecule has 72 valence electrons. The largest absolute Gasteiger partial charge is 0.0916 e. The lowest BCUT2D eigenvalue weighted by molar-refractivity contribution is 0.196. The summed E-state index contributed by atoms with van der Waals surface area (Å²) >= 11 is 0. The molecule has 0 aliphatic heterocycles. The van der Waals surface area contributed by atoms with E-state index in [1.807, 2.05) is 0 Å². The smallest absolute Gasteiger partial charge is 0.0631 e. The van der Waals surface area contributed by atoms with E-state index < -0.39 is 5.21 Å². The second kappa shape index (κ2) is 4.57. The summed E-state index contributed by atoms with van der Waals surface area (Å²) in [6, 6.07) is 0. The van der Waals surface area contributed by atoms with Gasteiger partial charge in [-0.05, 0) is 11.8 Å². The van der Waals surface area contributed by atoms with Gasteiger partial charge < -0.3 is 0 Å². The van der Waals surface area contributed by atoms with Crippen LogP contribution < -0.4 is 0 Å². The van der Waals surface area contributed by atoms with Crippen LogP contribution in [-0.4, -0.2) is 15.7 Å². The van der Waals surface area contributed by atoms with E-state index in [1.54, 1.807) is 0 Å². The first-order valence-electron chi connectivity index (χ1n) is 5.39. The molecule has 13 heavy (non-hydrogen) atoms. The number of hydrogen-bond donors (Lipinski definition) is 0. The quantitative estimate of drug-likeness (QED) is 0.563. The molecule has 0 aliphatic carbocycles. The van der Waals surface area contributed by atoms with Crippen molar-refractivity contribution in [3.8, 4) is 0 Å². The zero-order chi connectivity index (χ0) is 10.7. The molecule has 0 N–H and O–H groups in total. The molecule has 0 rings (SSSR count). The molecule has 0 saturated heterocycles. The molecule has 0 aromatic heterocycles. The molecule has 0 amide bonds. The van der Waals surface area contributed by atoms with E-state index in [-0.39, 0.29) is 5.41 Å². The molecule has 0 fully saturated rings. The highest BCUT2D eigenvalue weighted by atomic mass is 14.4. The molecule has 4 radical (unpaired) electrons. The monoisotopic (exact) mass is 176 g/mol. The maximum Gasteiger partial charge on any atom is 0.0631 e. The molecule has 0 saturated carbocycles. The first-order chi connectivity index (χ1) is 5.81. The van der Waals surface area contributed by atoms with Crippen LogP contribution in [0.4, 0.5) is 0 Å². The third kappa shape index (κ3) is 2.54. The van der Waals surface area contributed by atoms with Gasteiger partial charge in [-0.3, -0.25) is 0 Å². The molecule has 1 atom stereocenters. The maximum absolute atomic E-state index is 6.21. The van der Waals surface area contributed by atoms with E-state index in [9.17, 15) is 0 Å². The minimum Gasteiger partial charge on any atom is -0.0916 e. The van der Waals surface area contributed by atoms with Gasteiger partial charge in [0.25, 0.3) is 0 Å². The van der Waals surface area contributed by atoms with Crippen molar-refractivity contribution in [3.63, 3.8) is 0 Å². The molecule has 0 bridgehead atoms. The highest BCUT2D eigenvalue weighted by molar-refractivity contribution is 6.40. The van der Waals surface area contributed by atoms with Crippen LogP contribution in [0.3, 0.4) is 0 Å². The van der Waals surface area contributed by atoms with Crippen molar-refractivity contribution in [2.75, 3.05) is 0 Å². The summed E-state index contributed by atoms with van der Waals surface area (Å²) < 4.78 is 0. The third-order valence-corrected chi connectivity index (χ3v) is 3.58. The average molecular weight is 176 g/mol. The lowest BCUT2D eigenvalue weighted by atomic mass is 9.37. The molecule has 0 heterocycles. The Morgan fingerprint density at radius 3 is 1.85 bits per heavy atom. The Balaban J connectivity index is 4.72. The van der Waals surface area contributed by atoms with E-state index in [1.165, 1.54) is 0 Å². The second-order valence-corrected chi connectivity index (χ2v) is 4.75. The second-order valence-electron chi connectivity index (χ2n) is 4.75. The zero-order valence-corrected chi connectivity index (χ0v) is 9.85. The van der Waals surface area contributed by atoms with Crippen LogP contribution in [-0.2, 0) is 0 Å². The first kappa shape index (κ1) is 13.1. The van der Waals surface area contributed by atoms with Crippen molar-refractivity contribution in [1.29, 1.82) is 0 Å². The Labute approximate surface area is 86.7 Å².